The number of aliphatic hydroxyl groups is 1. The maximum atomic E-state index is 10.8. The lowest BCUT2D eigenvalue weighted by atomic mass is 9.79. The Balaban J connectivity index is 1.67. The zero-order chi connectivity index (χ0) is 14.0. The fourth-order valence-corrected chi connectivity index (χ4v) is 3.21. The van der Waals surface area contributed by atoms with Crippen molar-refractivity contribution in [3.05, 3.63) is 42.4 Å². The van der Waals surface area contributed by atoms with E-state index in [0.29, 0.717) is 6.54 Å². The third kappa shape index (κ3) is 2.70. The second-order valence-electron chi connectivity index (χ2n) is 5.90. The van der Waals surface area contributed by atoms with Gasteiger partial charge in [-0.05, 0) is 18.4 Å². The molecular weight excluding hydrogens is 250 g/mol. The van der Waals surface area contributed by atoms with Crippen molar-refractivity contribution in [3.63, 3.8) is 0 Å². The van der Waals surface area contributed by atoms with Gasteiger partial charge in [-0.25, -0.2) is 0 Å². The van der Waals surface area contributed by atoms with E-state index >= 15 is 0 Å². The highest BCUT2D eigenvalue weighted by molar-refractivity contribution is 5.13. The van der Waals surface area contributed by atoms with E-state index < -0.39 is 5.60 Å². The van der Waals surface area contributed by atoms with E-state index in [9.17, 15) is 5.11 Å². The number of hydrogen-bond donors (Lipinski definition) is 1. The molecule has 0 bridgehead atoms. The quantitative estimate of drug-likeness (QED) is 0.859. The van der Waals surface area contributed by atoms with Crippen LogP contribution in [-0.4, -0.2) is 33.5 Å². The molecule has 0 saturated heterocycles. The second kappa shape index (κ2) is 5.52. The predicted octanol–water partition coefficient (Wildman–Crippen LogP) is 2.61. The minimum atomic E-state index is -0.665. The first-order chi connectivity index (χ1) is 9.67. The average molecular weight is 272 g/mol. The minimum Gasteiger partial charge on any atom is -0.385 e. The maximum absolute atomic E-state index is 10.8. The first-order valence-corrected chi connectivity index (χ1v) is 7.42. The molecule has 4 heteroatoms. The van der Waals surface area contributed by atoms with E-state index in [2.05, 4.69) is 23.9 Å². The third-order valence-electron chi connectivity index (χ3n) is 4.30. The maximum Gasteiger partial charge on any atom is 0.279 e. The summed E-state index contributed by atoms with van der Waals surface area (Å²) in [6, 6.07) is 10.1. The van der Waals surface area contributed by atoms with Crippen LogP contribution in [0.4, 0.5) is 0 Å². The molecule has 1 saturated carbocycles. The molecule has 3 rings (SSSR count). The smallest absolute Gasteiger partial charge is 0.279 e. The Morgan fingerprint density at radius 2 is 2.00 bits per heavy atom. The molecule has 2 aliphatic rings. The molecule has 4 nitrogen and oxygen atoms in total. The monoisotopic (exact) mass is 272 g/mol. The summed E-state index contributed by atoms with van der Waals surface area (Å²) in [6.07, 6.45) is 5.12. The van der Waals surface area contributed by atoms with Crippen LogP contribution in [0.15, 0.2) is 35.6 Å². The molecule has 0 spiro atoms. The first-order valence-electron chi connectivity index (χ1n) is 7.42. The molecule has 0 amide bonds. The zero-order valence-electron chi connectivity index (χ0n) is 12.0. The van der Waals surface area contributed by atoms with Crippen LogP contribution in [0.1, 0.15) is 37.7 Å². The Kier molecular flexibility index (Phi) is 3.74. The highest BCUT2D eigenvalue weighted by Gasteiger charge is 2.50. The summed E-state index contributed by atoms with van der Waals surface area (Å²) in [7, 11) is 1.93. The van der Waals surface area contributed by atoms with Crippen LogP contribution in [0.2, 0.25) is 0 Å². The lowest BCUT2D eigenvalue weighted by Gasteiger charge is -2.34. The van der Waals surface area contributed by atoms with Gasteiger partial charge in [0.1, 0.15) is 12.1 Å². The Morgan fingerprint density at radius 1 is 1.30 bits per heavy atom. The van der Waals surface area contributed by atoms with E-state index in [-0.39, 0.29) is 6.04 Å². The van der Waals surface area contributed by atoms with Gasteiger partial charge in [-0.1, -0.05) is 49.6 Å². The molecule has 1 unspecified atom stereocenters. The third-order valence-corrected chi connectivity index (χ3v) is 4.30. The highest BCUT2D eigenvalue weighted by Crippen LogP contribution is 2.36. The summed E-state index contributed by atoms with van der Waals surface area (Å²) in [5.41, 5.74) is 0.538. The summed E-state index contributed by atoms with van der Waals surface area (Å²) in [4.78, 5) is 0. The summed E-state index contributed by atoms with van der Waals surface area (Å²) in [5, 5.41) is 17.2. The average Bonchev–Trinajstić information content (AvgIpc) is 2.82. The molecule has 1 N–H and O–H groups in total. The summed E-state index contributed by atoms with van der Waals surface area (Å²) in [5.74, 6) is 0. The number of hydrogen-bond acceptors (Lipinski definition) is 3. The molecule has 1 aromatic rings. The topological polar surface area (TPSA) is 38.8 Å². The van der Waals surface area contributed by atoms with Gasteiger partial charge in [0.05, 0.1) is 12.3 Å². The summed E-state index contributed by atoms with van der Waals surface area (Å²) in [6.45, 7) is 4.05. The lowest BCUT2D eigenvalue weighted by Crippen LogP contribution is -2.49. The molecule has 1 fully saturated rings. The normalized spacial score (nSPS) is 25.6. The molecule has 1 aliphatic heterocycles. The molecule has 1 heterocycles. The van der Waals surface area contributed by atoms with Crippen LogP contribution in [0.25, 0.3) is 0 Å². The van der Waals surface area contributed by atoms with Crippen LogP contribution in [0.5, 0.6) is 0 Å². The highest BCUT2D eigenvalue weighted by atomic mass is 16.3. The molecule has 1 aromatic carbocycles. The van der Waals surface area contributed by atoms with Crippen molar-refractivity contribution in [2.24, 2.45) is 5.22 Å². The molecule has 1 atom stereocenters. The van der Waals surface area contributed by atoms with Gasteiger partial charge >= 0.3 is 0 Å². The molecule has 2 radical (unpaired) electrons. The standard InChI is InChI=1S/C16H22N3O/c1-18-15(16(20)10-6-3-7-11-16)13-19(17-18)12-14-8-4-2-5-9-14/h2,4-5,8-9,15,20H,3,6-7,10-12H2,1H3/q+1. The van der Waals surface area contributed by atoms with Gasteiger partial charge in [-0.15, -0.1) is 4.70 Å². The van der Waals surface area contributed by atoms with E-state index in [4.69, 9.17) is 0 Å². The van der Waals surface area contributed by atoms with Crippen LogP contribution < -0.4 is 0 Å². The van der Waals surface area contributed by atoms with Crippen molar-refractivity contribution in [2.45, 2.75) is 50.3 Å². The molecular formula is C16H22N3O+. The molecule has 0 aromatic heterocycles. The van der Waals surface area contributed by atoms with E-state index in [1.807, 2.05) is 35.0 Å². The lowest BCUT2D eigenvalue weighted by molar-refractivity contribution is -0.567. The molecule has 20 heavy (non-hydrogen) atoms. The fourth-order valence-electron chi connectivity index (χ4n) is 3.21. The van der Waals surface area contributed by atoms with Gasteiger partial charge in [0, 0.05) is 0 Å². The van der Waals surface area contributed by atoms with Crippen LogP contribution >= 0.6 is 0 Å². The van der Waals surface area contributed by atoms with Crippen molar-refractivity contribution in [2.75, 3.05) is 7.05 Å². The van der Waals surface area contributed by atoms with Crippen molar-refractivity contribution in [3.8, 4) is 0 Å². The second-order valence-corrected chi connectivity index (χ2v) is 5.90. The van der Waals surface area contributed by atoms with Gasteiger partial charge in [-0.3, -0.25) is 0 Å². The van der Waals surface area contributed by atoms with E-state index in [1.54, 1.807) is 0 Å². The van der Waals surface area contributed by atoms with Gasteiger partial charge in [0.2, 0.25) is 6.04 Å². The summed E-state index contributed by atoms with van der Waals surface area (Å²) >= 11 is 0. The Labute approximate surface area is 120 Å². The van der Waals surface area contributed by atoms with Crippen molar-refractivity contribution >= 4 is 0 Å². The zero-order valence-corrected chi connectivity index (χ0v) is 12.0. The van der Waals surface area contributed by atoms with Crippen molar-refractivity contribution in [1.82, 2.24) is 5.01 Å². The Bertz CT molecular complexity index is 480. The van der Waals surface area contributed by atoms with Crippen molar-refractivity contribution < 1.29 is 9.80 Å². The van der Waals surface area contributed by atoms with Gasteiger partial charge < -0.3 is 5.11 Å². The number of likely N-dealkylation sites (N-methyl/N-ethyl adjacent to an activating group) is 1. The van der Waals surface area contributed by atoms with Crippen molar-refractivity contribution in [1.29, 1.82) is 0 Å². The number of rotatable bonds is 3. The Hall–Kier alpha value is -1.42. The largest absolute Gasteiger partial charge is 0.385 e. The van der Waals surface area contributed by atoms with Gasteiger partial charge in [-0.2, -0.15) is 5.01 Å². The fraction of sp³-hybridized carbons (Fsp3) is 0.562. The van der Waals surface area contributed by atoms with E-state index in [1.165, 1.54) is 12.0 Å². The minimum absolute atomic E-state index is 0.119. The first kappa shape index (κ1) is 13.6. The number of nitrogens with zero attached hydrogens (tertiary/aromatic N) is 3. The Morgan fingerprint density at radius 3 is 2.70 bits per heavy atom. The van der Waals surface area contributed by atoms with Gasteiger partial charge in [0.25, 0.3) is 6.54 Å². The predicted molar refractivity (Wildman–Crippen MR) is 75.7 cm³/mol. The number of benzene rings is 1. The molecule has 106 valence electrons. The summed E-state index contributed by atoms with van der Waals surface area (Å²) < 4.78 is 1.83. The van der Waals surface area contributed by atoms with Gasteiger partial charge in [0.15, 0.2) is 0 Å². The molecule has 1 aliphatic carbocycles. The van der Waals surface area contributed by atoms with Crippen LogP contribution in [0.3, 0.4) is 0 Å². The van der Waals surface area contributed by atoms with E-state index in [0.717, 1.165) is 25.7 Å². The van der Waals surface area contributed by atoms with Crippen LogP contribution in [0, 0.1) is 6.54 Å². The van der Waals surface area contributed by atoms with Crippen LogP contribution in [-0.2, 0) is 6.54 Å². The SMILES string of the molecule is CN1N=[N+](Cc2ccccc2)[C]C1C1(O)CCCCC1.